The molecule has 1 N–H and O–H groups in total. The fraction of sp³-hybridized carbons (Fsp3) is 0.278. The molecule has 1 atom stereocenters. The van der Waals surface area contributed by atoms with Crippen LogP contribution < -0.4 is 0 Å². The maximum absolute atomic E-state index is 9.43. The number of nitrogens with zero attached hydrogens (tertiary/aromatic N) is 2. The van der Waals surface area contributed by atoms with Crippen LogP contribution in [0.5, 0.6) is 0 Å². The van der Waals surface area contributed by atoms with Crippen molar-refractivity contribution < 1.29 is 5.11 Å². The lowest BCUT2D eigenvalue weighted by molar-refractivity contribution is 0.275. The van der Waals surface area contributed by atoms with Crippen molar-refractivity contribution >= 4 is 22.6 Å². The number of aliphatic hydroxyl groups is 1. The van der Waals surface area contributed by atoms with E-state index in [-0.39, 0.29) is 12.5 Å². The van der Waals surface area contributed by atoms with Crippen molar-refractivity contribution in [1.29, 1.82) is 0 Å². The van der Waals surface area contributed by atoms with Crippen molar-refractivity contribution in [2.45, 2.75) is 25.8 Å². The highest BCUT2D eigenvalue weighted by atomic mass is 35.5. The quantitative estimate of drug-likeness (QED) is 0.765. The summed E-state index contributed by atoms with van der Waals surface area (Å²) in [5.41, 5.74) is 3.14. The Morgan fingerprint density at radius 1 is 1.18 bits per heavy atom. The summed E-state index contributed by atoms with van der Waals surface area (Å²) in [6, 6.07) is 16.1. The molecule has 22 heavy (non-hydrogen) atoms. The fourth-order valence-electron chi connectivity index (χ4n) is 2.98. The summed E-state index contributed by atoms with van der Waals surface area (Å²) in [5, 5.41) is 10.1. The van der Waals surface area contributed by atoms with Gasteiger partial charge in [-0.3, -0.25) is 0 Å². The molecule has 0 aliphatic heterocycles. The van der Waals surface area contributed by atoms with Gasteiger partial charge in [-0.2, -0.15) is 0 Å². The van der Waals surface area contributed by atoms with Crippen LogP contribution in [0.1, 0.15) is 30.7 Å². The molecule has 0 aliphatic rings. The molecule has 0 amide bonds. The van der Waals surface area contributed by atoms with Crippen LogP contribution >= 0.6 is 11.6 Å². The van der Waals surface area contributed by atoms with Gasteiger partial charge in [-0.15, -0.1) is 0 Å². The van der Waals surface area contributed by atoms with Gasteiger partial charge < -0.3 is 9.67 Å². The standard InChI is InChI=1S/C18H19ClN2O/c1-2-15(13-6-4-3-5-7-13)18-20-16-12-14(19)8-9-17(16)21(18)10-11-22/h3-9,12,15,22H,2,10-11H2,1H3. The number of rotatable bonds is 5. The van der Waals surface area contributed by atoms with E-state index in [1.165, 1.54) is 5.56 Å². The van der Waals surface area contributed by atoms with Crippen LogP contribution in [0.3, 0.4) is 0 Å². The Morgan fingerprint density at radius 3 is 2.64 bits per heavy atom. The van der Waals surface area contributed by atoms with E-state index in [0.717, 1.165) is 23.3 Å². The molecular formula is C18H19ClN2O. The average molecular weight is 315 g/mol. The summed E-state index contributed by atoms with van der Waals surface area (Å²) in [6.07, 6.45) is 0.951. The number of aromatic nitrogens is 2. The van der Waals surface area contributed by atoms with Crippen molar-refractivity contribution in [1.82, 2.24) is 9.55 Å². The number of halogens is 1. The third-order valence-corrected chi connectivity index (χ3v) is 4.22. The Hall–Kier alpha value is -1.84. The normalized spacial score (nSPS) is 12.7. The predicted molar refractivity (Wildman–Crippen MR) is 90.4 cm³/mol. The van der Waals surface area contributed by atoms with Crippen molar-refractivity contribution in [2.75, 3.05) is 6.61 Å². The van der Waals surface area contributed by atoms with Gasteiger partial charge in [0.15, 0.2) is 0 Å². The van der Waals surface area contributed by atoms with Gasteiger partial charge in [0.05, 0.1) is 17.6 Å². The Balaban J connectivity index is 2.17. The minimum absolute atomic E-state index is 0.0896. The topological polar surface area (TPSA) is 38.0 Å². The van der Waals surface area contributed by atoms with Crippen molar-refractivity contribution in [3.63, 3.8) is 0 Å². The molecule has 0 fully saturated rings. The second-order valence-corrected chi connectivity index (χ2v) is 5.79. The average Bonchev–Trinajstić information content (AvgIpc) is 2.87. The van der Waals surface area contributed by atoms with Crippen LogP contribution in [0.15, 0.2) is 48.5 Å². The zero-order valence-corrected chi connectivity index (χ0v) is 13.3. The van der Waals surface area contributed by atoms with Crippen LogP contribution in [0.4, 0.5) is 0 Å². The molecule has 4 heteroatoms. The van der Waals surface area contributed by atoms with E-state index < -0.39 is 0 Å². The van der Waals surface area contributed by atoms with Crippen LogP contribution in [-0.4, -0.2) is 21.3 Å². The van der Waals surface area contributed by atoms with Gasteiger partial charge in [0.25, 0.3) is 0 Å². The first-order chi connectivity index (χ1) is 10.7. The molecule has 0 bridgehead atoms. The van der Waals surface area contributed by atoms with Gasteiger partial charge in [0.1, 0.15) is 5.82 Å². The highest BCUT2D eigenvalue weighted by Gasteiger charge is 2.20. The van der Waals surface area contributed by atoms with Crippen LogP contribution in [0.25, 0.3) is 11.0 Å². The summed E-state index contributed by atoms with van der Waals surface area (Å²) in [5.74, 6) is 1.19. The number of hydrogen-bond donors (Lipinski definition) is 1. The van der Waals surface area contributed by atoms with Gasteiger partial charge in [0.2, 0.25) is 0 Å². The van der Waals surface area contributed by atoms with Gasteiger partial charge in [-0.25, -0.2) is 4.98 Å². The van der Waals surface area contributed by atoms with Crippen molar-refractivity contribution in [3.8, 4) is 0 Å². The Labute approximate surface area is 135 Å². The van der Waals surface area contributed by atoms with Crippen LogP contribution in [-0.2, 0) is 6.54 Å². The predicted octanol–water partition coefficient (Wildman–Crippen LogP) is 4.22. The molecule has 114 valence electrons. The minimum Gasteiger partial charge on any atom is -0.395 e. The molecular weight excluding hydrogens is 296 g/mol. The summed E-state index contributed by atoms with van der Waals surface area (Å²) in [6.45, 7) is 2.79. The van der Waals surface area contributed by atoms with E-state index in [2.05, 4.69) is 23.6 Å². The van der Waals surface area contributed by atoms with E-state index in [4.69, 9.17) is 16.6 Å². The molecule has 3 nitrogen and oxygen atoms in total. The van der Waals surface area contributed by atoms with E-state index >= 15 is 0 Å². The molecule has 1 aromatic heterocycles. The van der Waals surface area contributed by atoms with E-state index in [0.29, 0.717) is 11.6 Å². The SMILES string of the molecule is CCC(c1ccccc1)c1nc2cc(Cl)ccc2n1CCO. The maximum atomic E-state index is 9.43. The van der Waals surface area contributed by atoms with Gasteiger partial charge in [-0.05, 0) is 30.2 Å². The van der Waals surface area contributed by atoms with E-state index in [1.54, 1.807) is 0 Å². The number of benzene rings is 2. The minimum atomic E-state index is 0.0896. The molecule has 0 saturated carbocycles. The van der Waals surface area contributed by atoms with Gasteiger partial charge in [-0.1, -0.05) is 48.9 Å². The first-order valence-corrected chi connectivity index (χ1v) is 7.94. The molecule has 2 aromatic carbocycles. The number of imidazole rings is 1. The van der Waals surface area contributed by atoms with Crippen molar-refractivity contribution in [2.24, 2.45) is 0 Å². The number of aliphatic hydroxyl groups excluding tert-OH is 1. The zero-order chi connectivity index (χ0) is 15.5. The lowest BCUT2D eigenvalue weighted by Gasteiger charge is -2.17. The third kappa shape index (κ3) is 2.74. The lowest BCUT2D eigenvalue weighted by Crippen LogP contribution is -2.12. The first-order valence-electron chi connectivity index (χ1n) is 7.56. The second kappa shape index (κ2) is 6.51. The Morgan fingerprint density at radius 2 is 1.95 bits per heavy atom. The highest BCUT2D eigenvalue weighted by molar-refractivity contribution is 6.31. The summed E-state index contributed by atoms with van der Waals surface area (Å²) < 4.78 is 2.10. The maximum Gasteiger partial charge on any atom is 0.117 e. The third-order valence-electron chi connectivity index (χ3n) is 3.99. The van der Waals surface area contributed by atoms with E-state index in [1.807, 2.05) is 36.4 Å². The highest BCUT2D eigenvalue weighted by Crippen LogP contribution is 2.30. The smallest absolute Gasteiger partial charge is 0.117 e. The van der Waals surface area contributed by atoms with Gasteiger partial charge >= 0.3 is 0 Å². The first kappa shape index (κ1) is 15.1. The van der Waals surface area contributed by atoms with E-state index in [9.17, 15) is 5.11 Å². The molecule has 0 aliphatic carbocycles. The number of fused-ring (bicyclic) bond motifs is 1. The molecule has 0 saturated heterocycles. The van der Waals surface area contributed by atoms with Crippen molar-refractivity contribution in [3.05, 3.63) is 64.9 Å². The summed E-state index contributed by atoms with van der Waals surface area (Å²) >= 11 is 6.09. The molecule has 0 spiro atoms. The Bertz CT molecular complexity index is 767. The summed E-state index contributed by atoms with van der Waals surface area (Å²) in [7, 11) is 0. The van der Waals surface area contributed by atoms with Gasteiger partial charge in [0, 0.05) is 17.5 Å². The zero-order valence-electron chi connectivity index (χ0n) is 12.5. The molecule has 1 unspecified atom stereocenters. The molecule has 1 heterocycles. The molecule has 3 rings (SSSR count). The molecule has 0 radical (unpaired) electrons. The monoisotopic (exact) mass is 314 g/mol. The Kier molecular flexibility index (Phi) is 4.46. The second-order valence-electron chi connectivity index (χ2n) is 5.35. The summed E-state index contributed by atoms with van der Waals surface area (Å²) in [4.78, 5) is 4.81. The molecule has 3 aromatic rings. The largest absolute Gasteiger partial charge is 0.395 e. The fourth-order valence-corrected chi connectivity index (χ4v) is 3.14. The van der Waals surface area contributed by atoms with Crippen LogP contribution in [0.2, 0.25) is 5.02 Å². The van der Waals surface area contributed by atoms with Crippen LogP contribution in [0, 0.1) is 0 Å². The number of hydrogen-bond acceptors (Lipinski definition) is 2. The lowest BCUT2D eigenvalue weighted by atomic mass is 9.95.